The molecule has 1 aliphatic carbocycles. The van der Waals surface area contributed by atoms with E-state index >= 15 is 0 Å². The van der Waals surface area contributed by atoms with Gasteiger partial charge in [0, 0.05) is 18.1 Å². The lowest BCUT2D eigenvalue weighted by atomic mass is 9.87. The Labute approximate surface area is 111 Å². The summed E-state index contributed by atoms with van der Waals surface area (Å²) in [5.41, 5.74) is 5.80. The number of amides is 1. The van der Waals surface area contributed by atoms with Gasteiger partial charge in [-0.05, 0) is 47.7 Å². The van der Waals surface area contributed by atoms with E-state index in [-0.39, 0.29) is 11.9 Å². The van der Waals surface area contributed by atoms with Gasteiger partial charge in [0.2, 0.25) is 5.91 Å². The van der Waals surface area contributed by atoms with Crippen molar-refractivity contribution in [1.29, 1.82) is 0 Å². The van der Waals surface area contributed by atoms with Gasteiger partial charge in [0.05, 0.1) is 6.04 Å². The number of likely N-dealkylation sites (N-methyl/N-ethyl adjacent to an activating group) is 1. The fraction of sp³-hybridized carbons (Fsp3) is 0.929. The predicted octanol–water partition coefficient (Wildman–Crippen LogP) is 1.44. The first kappa shape index (κ1) is 15.4. The van der Waals surface area contributed by atoms with Gasteiger partial charge in [0.25, 0.3) is 0 Å². The van der Waals surface area contributed by atoms with Crippen LogP contribution in [0.3, 0.4) is 0 Å². The molecule has 4 heteroatoms. The first-order valence-corrected chi connectivity index (χ1v) is 7.10. The van der Waals surface area contributed by atoms with Crippen LogP contribution in [0.2, 0.25) is 0 Å². The summed E-state index contributed by atoms with van der Waals surface area (Å²) in [4.78, 5) is 16.6. The summed E-state index contributed by atoms with van der Waals surface area (Å²) in [6.07, 6.45) is 4.74. The van der Waals surface area contributed by atoms with Crippen LogP contribution in [0.4, 0.5) is 0 Å². The van der Waals surface area contributed by atoms with Crippen molar-refractivity contribution in [2.24, 2.45) is 5.73 Å². The summed E-state index contributed by atoms with van der Waals surface area (Å²) in [6.45, 7) is 5.95. The second-order valence-electron chi connectivity index (χ2n) is 6.01. The molecule has 0 radical (unpaired) electrons. The molecule has 1 rings (SSSR count). The average Bonchev–Trinajstić information content (AvgIpc) is 2.28. The minimum absolute atomic E-state index is 0.0868. The second-order valence-corrected chi connectivity index (χ2v) is 6.01. The number of nitrogens with zero attached hydrogens (tertiary/aromatic N) is 2. The molecule has 0 aromatic heterocycles. The Morgan fingerprint density at radius 3 is 2.00 bits per heavy atom. The van der Waals surface area contributed by atoms with Gasteiger partial charge >= 0.3 is 0 Å². The number of hydrogen-bond acceptors (Lipinski definition) is 3. The maximum Gasteiger partial charge on any atom is 0.239 e. The van der Waals surface area contributed by atoms with E-state index < -0.39 is 6.04 Å². The van der Waals surface area contributed by atoms with E-state index in [4.69, 9.17) is 5.73 Å². The Morgan fingerprint density at radius 2 is 1.61 bits per heavy atom. The molecule has 4 nitrogen and oxygen atoms in total. The zero-order chi connectivity index (χ0) is 13.9. The number of nitrogens with two attached hydrogens (primary N) is 1. The molecular formula is C14H29N3O. The summed E-state index contributed by atoms with van der Waals surface area (Å²) in [5, 5.41) is 0. The van der Waals surface area contributed by atoms with Crippen molar-refractivity contribution in [3.8, 4) is 0 Å². The molecule has 0 saturated heterocycles. The van der Waals surface area contributed by atoms with E-state index in [1.165, 1.54) is 19.3 Å². The summed E-state index contributed by atoms with van der Waals surface area (Å²) in [5.74, 6) is 0.0868. The topological polar surface area (TPSA) is 49.6 Å². The quantitative estimate of drug-likeness (QED) is 0.827. The standard InChI is InChI=1S/C14H29N3O/c1-10(2)17(14(18)11(3)15)13-9-7-6-8-12(13)16(4)5/h10-13H,6-9,15H2,1-5H3/t11-,12-,13+/m0/s1. The summed E-state index contributed by atoms with van der Waals surface area (Å²) in [6, 6.07) is 0.585. The molecule has 18 heavy (non-hydrogen) atoms. The van der Waals surface area contributed by atoms with Gasteiger partial charge in [-0.1, -0.05) is 12.8 Å². The van der Waals surface area contributed by atoms with Crippen molar-refractivity contribution in [1.82, 2.24) is 9.80 Å². The predicted molar refractivity (Wildman–Crippen MR) is 75.4 cm³/mol. The van der Waals surface area contributed by atoms with Crippen LogP contribution in [0.25, 0.3) is 0 Å². The number of carbonyl (C=O) groups excluding carboxylic acids is 1. The number of hydrogen-bond donors (Lipinski definition) is 1. The molecule has 3 atom stereocenters. The molecule has 0 bridgehead atoms. The van der Waals surface area contributed by atoms with E-state index in [0.717, 1.165) is 6.42 Å². The minimum atomic E-state index is -0.405. The van der Waals surface area contributed by atoms with Crippen molar-refractivity contribution in [2.75, 3.05) is 14.1 Å². The lowest BCUT2D eigenvalue weighted by molar-refractivity contribution is -0.139. The fourth-order valence-electron chi connectivity index (χ4n) is 3.05. The number of rotatable bonds is 4. The lowest BCUT2D eigenvalue weighted by Gasteiger charge is -2.45. The molecule has 0 aromatic carbocycles. The molecule has 1 amide bonds. The van der Waals surface area contributed by atoms with Crippen LogP contribution >= 0.6 is 0 Å². The van der Waals surface area contributed by atoms with Crippen molar-refractivity contribution in [2.45, 2.75) is 70.6 Å². The van der Waals surface area contributed by atoms with Crippen LogP contribution in [0.5, 0.6) is 0 Å². The molecule has 0 aliphatic heterocycles. The first-order valence-electron chi connectivity index (χ1n) is 7.10. The van der Waals surface area contributed by atoms with Gasteiger partial charge in [0.1, 0.15) is 0 Å². The zero-order valence-electron chi connectivity index (χ0n) is 12.5. The van der Waals surface area contributed by atoms with Crippen molar-refractivity contribution >= 4 is 5.91 Å². The third kappa shape index (κ3) is 3.45. The monoisotopic (exact) mass is 255 g/mol. The highest BCUT2D eigenvalue weighted by Gasteiger charge is 2.36. The van der Waals surface area contributed by atoms with Crippen LogP contribution in [-0.2, 0) is 4.79 Å². The Balaban J connectivity index is 2.92. The van der Waals surface area contributed by atoms with E-state index in [9.17, 15) is 4.79 Å². The normalized spacial score (nSPS) is 26.4. The molecule has 0 unspecified atom stereocenters. The molecule has 1 aliphatic rings. The van der Waals surface area contributed by atoms with Gasteiger partial charge in [-0.25, -0.2) is 0 Å². The van der Waals surface area contributed by atoms with Crippen LogP contribution < -0.4 is 5.73 Å². The first-order chi connectivity index (χ1) is 8.36. The maximum absolute atomic E-state index is 12.3. The molecule has 106 valence electrons. The molecule has 1 saturated carbocycles. The lowest BCUT2D eigenvalue weighted by Crippen LogP contribution is -2.58. The molecule has 0 heterocycles. The smallest absolute Gasteiger partial charge is 0.239 e. The second kappa shape index (κ2) is 6.53. The van der Waals surface area contributed by atoms with E-state index in [1.807, 2.05) is 4.90 Å². The molecule has 0 aromatic rings. The van der Waals surface area contributed by atoms with E-state index in [1.54, 1.807) is 6.92 Å². The molecule has 2 N–H and O–H groups in total. The summed E-state index contributed by atoms with van der Waals surface area (Å²) in [7, 11) is 4.22. The third-order valence-electron chi connectivity index (χ3n) is 3.91. The Hall–Kier alpha value is -0.610. The Morgan fingerprint density at radius 1 is 1.11 bits per heavy atom. The maximum atomic E-state index is 12.3. The van der Waals surface area contributed by atoms with E-state index in [0.29, 0.717) is 12.1 Å². The van der Waals surface area contributed by atoms with Crippen molar-refractivity contribution in [3.05, 3.63) is 0 Å². The van der Waals surface area contributed by atoms with Gasteiger partial charge in [0.15, 0.2) is 0 Å². The highest BCUT2D eigenvalue weighted by atomic mass is 16.2. The highest BCUT2D eigenvalue weighted by molar-refractivity contribution is 5.81. The third-order valence-corrected chi connectivity index (χ3v) is 3.91. The van der Waals surface area contributed by atoms with Gasteiger partial charge in [-0.15, -0.1) is 0 Å². The molecule has 0 spiro atoms. The highest BCUT2D eigenvalue weighted by Crippen LogP contribution is 2.27. The zero-order valence-corrected chi connectivity index (χ0v) is 12.5. The largest absolute Gasteiger partial charge is 0.334 e. The molecule has 1 fully saturated rings. The average molecular weight is 255 g/mol. The fourth-order valence-corrected chi connectivity index (χ4v) is 3.05. The summed E-state index contributed by atoms with van der Waals surface area (Å²) < 4.78 is 0. The van der Waals surface area contributed by atoms with Crippen molar-refractivity contribution < 1.29 is 4.79 Å². The van der Waals surface area contributed by atoms with Crippen LogP contribution in [0.15, 0.2) is 0 Å². The van der Waals surface area contributed by atoms with Gasteiger partial charge < -0.3 is 15.5 Å². The van der Waals surface area contributed by atoms with Gasteiger partial charge in [-0.2, -0.15) is 0 Å². The Bertz CT molecular complexity index is 276. The van der Waals surface area contributed by atoms with Crippen LogP contribution in [0.1, 0.15) is 46.5 Å². The van der Waals surface area contributed by atoms with E-state index in [2.05, 4.69) is 32.8 Å². The van der Waals surface area contributed by atoms with Crippen LogP contribution in [-0.4, -0.2) is 54.0 Å². The Kier molecular flexibility index (Phi) is 5.60. The van der Waals surface area contributed by atoms with Gasteiger partial charge in [-0.3, -0.25) is 4.79 Å². The number of carbonyl (C=O) groups is 1. The summed E-state index contributed by atoms with van der Waals surface area (Å²) >= 11 is 0. The minimum Gasteiger partial charge on any atom is -0.334 e. The molecular weight excluding hydrogens is 226 g/mol. The van der Waals surface area contributed by atoms with Crippen LogP contribution in [0, 0.1) is 0 Å². The SMILES string of the molecule is CC(C)N(C(=O)[C@H](C)N)[C@@H]1CCCC[C@@H]1N(C)C. The van der Waals surface area contributed by atoms with Crippen molar-refractivity contribution in [3.63, 3.8) is 0 Å².